The number of amides is 1. The van der Waals surface area contributed by atoms with Crippen molar-refractivity contribution in [3.8, 4) is 17.1 Å². The number of imidazole rings is 1. The first-order valence-corrected chi connectivity index (χ1v) is 14.0. The highest BCUT2D eigenvalue weighted by Gasteiger charge is 2.33. The largest absolute Gasteiger partial charge is 0.497 e. The van der Waals surface area contributed by atoms with Gasteiger partial charge in [0.25, 0.3) is 0 Å². The van der Waals surface area contributed by atoms with Gasteiger partial charge >= 0.3 is 0 Å². The monoisotopic (exact) mass is 537 g/mol. The van der Waals surface area contributed by atoms with E-state index in [1.807, 2.05) is 12.1 Å². The number of carbonyl (C=O) groups is 1. The highest BCUT2D eigenvalue weighted by Crippen LogP contribution is 2.42. The molecule has 1 aromatic heterocycles. The van der Waals surface area contributed by atoms with Crippen LogP contribution in [0.2, 0.25) is 0 Å². The van der Waals surface area contributed by atoms with Crippen LogP contribution in [-0.2, 0) is 9.53 Å². The summed E-state index contributed by atoms with van der Waals surface area (Å²) < 4.78 is 43.5. The fraction of sp³-hybridized carbons (Fsp3) is 0.484. The highest BCUT2D eigenvalue weighted by molar-refractivity contribution is 5.85. The Morgan fingerprint density at radius 1 is 0.974 bits per heavy atom. The molecule has 2 aliphatic rings. The lowest BCUT2D eigenvalue weighted by molar-refractivity contribution is -0.123. The van der Waals surface area contributed by atoms with Crippen molar-refractivity contribution in [2.75, 3.05) is 14.2 Å². The van der Waals surface area contributed by atoms with Crippen molar-refractivity contribution in [2.24, 2.45) is 5.92 Å². The Hall–Kier alpha value is -3.26. The van der Waals surface area contributed by atoms with E-state index >= 15 is 4.39 Å². The number of carbonyl (C=O) groups excluding carboxylic acids is 1. The lowest BCUT2D eigenvalue weighted by Crippen LogP contribution is -2.39. The third-order valence-corrected chi connectivity index (χ3v) is 8.32. The summed E-state index contributed by atoms with van der Waals surface area (Å²) in [5.41, 5.74) is 1.30. The van der Waals surface area contributed by atoms with Gasteiger partial charge in [0, 0.05) is 25.5 Å². The summed E-state index contributed by atoms with van der Waals surface area (Å²) in [6.45, 7) is 0. The number of ether oxygens (including phenoxy) is 2. The molecule has 0 radical (unpaired) electrons. The van der Waals surface area contributed by atoms with Crippen LogP contribution in [0.25, 0.3) is 11.4 Å². The Labute approximate surface area is 228 Å². The summed E-state index contributed by atoms with van der Waals surface area (Å²) in [5.74, 6) is -1.10. The molecule has 3 aromatic rings. The number of rotatable bonds is 9. The second-order valence-electron chi connectivity index (χ2n) is 10.7. The first-order chi connectivity index (χ1) is 19.0. The summed E-state index contributed by atoms with van der Waals surface area (Å²) in [4.78, 5) is 18.3. The van der Waals surface area contributed by atoms with Crippen LogP contribution in [0, 0.1) is 17.6 Å². The van der Waals surface area contributed by atoms with Gasteiger partial charge in [-0.25, -0.2) is 13.8 Å². The Balaban J connectivity index is 1.61. The molecule has 5 rings (SSSR count). The van der Waals surface area contributed by atoms with E-state index in [1.54, 1.807) is 43.2 Å². The molecule has 1 N–H and O–H groups in total. The van der Waals surface area contributed by atoms with Crippen molar-refractivity contribution in [2.45, 2.75) is 76.0 Å². The quantitative estimate of drug-likeness (QED) is 0.328. The van der Waals surface area contributed by atoms with Crippen LogP contribution in [0.5, 0.6) is 5.75 Å². The van der Waals surface area contributed by atoms with Gasteiger partial charge in [-0.05, 0) is 60.9 Å². The van der Waals surface area contributed by atoms with Crippen LogP contribution < -0.4 is 10.1 Å². The van der Waals surface area contributed by atoms with Crippen molar-refractivity contribution in [1.29, 1.82) is 0 Å². The predicted octanol–water partition coefficient (Wildman–Crippen LogP) is 6.75. The van der Waals surface area contributed by atoms with E-state index in [4.69, 9.17) is 9.47 Å². The van der Waals surface area contributed by atoms with Crippen LogP contribution in [-0.4, -0.2) is 35.7 Å². The number of hydrogen-bond donors (Lipinski definition) is 1. The summed E-state index contributed by atoms with van der Waals surface area (Å²) >= 11 is 0. The summed E-state index contributed by atoms with van der Waals surface area (Å²) in [5, 5.41) is 3.19. The smallest absolute Gasteiger partial charge is 0.247 e. The summed E-state index contributed by atoms with van der Waals surface area (Å²) in [7, 11) is 3.20. The molecule has 0 saturated heterocycles. The van der Waals surface area contributed by atoms with E-state index in [9.17, 15) is 9.18 Å². The maximum absolute atomic E-state index is 15.8. The van der Waals surface area contributed by atoms with Gasteiger partial charge in [-0.1, -0.05) is 50.3 Å². The minimum atomic E-state index is -0.984. The molecule has 39 heavy (non-hydrogen) atoms. The Morgan fingerprint density at radius 3 is 2.33 bits per heavy atom. The molecule has 0 aliphatic heterocycles. The van der Waals surface area contributed by atoms with Crippen molar-refractivity contribution < 1.29 is 23.0 Å². The van der Waals surface area contributed by atoms with E-state index in [1.165, 1.54) is 12.6 Å². The van der Waals surface area contributed by atoms with Crippen molar-refractivity contribution in [1.82, 2.24) is 14.9 Å². The average molecular weight is 538 g/mol. The zero-order valence-electron chi connectivity index (χ0n) is 22.7. The lowest BCUT2D eigenvalue weighted by atomic mass is 9.81. The first-order valence-electron chi connectivity index (χ1n) is 14.0. The molecule has 2 atom stereocenters. The topological polar surface area (TPSA) is 65.4 Å². The summed E-state index contributed by atoms with van der Waals surface area (Å²) in [6, 6.07) is 9.26. The number of nitrogens with one attached hydrogen (secondary N) is 1. The van der Waals surface area contributed by atoms with E-state index in [0.717, 1.165) is 57.4 Å². The minimum absolute atomic E-state index is 0.0459. The van der Waals surface area contributed by atoms with Crippen molar-refractivity contribution in [3.63, 3.8) is 0 Å². The second kappa shape index (κ2) is 12.3. The molecular weight excluding hydrogens is 500 g/mol. The average Bonchev–Trinajstić information content (AvgIpc) is 3.65. The van der Waals surface area contributed by atoms with Gasteiger partial charge < -0.3 is 19.4 Å². The van der Waals surface area contributed by atoms with Gasteiger partial charge in [0.2, 0.25) is 5.91 Å². The number of hydrogen-bond acceptors (Lipinski definition) is 4. The van der Waals surface area contributed by atoms with Gasteiger partial charge in [0.1, 0.15) is 17.6 Å². The number of methoxy groups -OCH3 is 2. The van der Waals surface area contributed by atoms with E-state index < -0.39 is 23.8 Å². The Morgan fingerprint density at radius 2 is 1.67 bits per heavy atom. The first kappa shape index (κ1) is 27.3. The van der Waals surface area contributed by atoms with E-state index in [2.05, 4.69) is 10.3 Å². The molecule has 6 nitrogen and oxygen atoms in total. The number of halogens is 2. The molecule has 0 bridgehead atoms. The number of benzene rings is 2. The molecule has 1 amide bonds. The van der Waals surface area contributed by atoms with E-state index in [0.29, 0.717) is 16.9 Å². The van der Waals surface area contributed by atoms with Gasteiger partial charge in [-0.2, -0.15) is 0 Å². The lowest BCUT2D eigenvalue weighted by Gasteiger charge is -2.31. The minimum Gasteiger partial charge on any atom is -0.497 e. The van der Waals surface area contributed by atoms with Crippen molar-refractivity contribution >= 4 is 5.91 Å². The standard InChI is InChI=1S/C31H37F2N3O3/c1-38-23-14-12-20(13-15-23)28(31(37)35-22-10-6-7-11-22)36-19-18-34-30(36)26-24(16-17-25(32)27(26)33)29(39-2)21-8-4-3-5-9-21/h12-19,21-22,28-29H,3-11H2,1-2H3,(H,35,37). The molecule has 2 saturated carbocycles. The number of aromatic nitrogens is 2. The SMILES string of the molecule is COc1ccc(C(C(=O)NC2CCCC2)n2ccnc2-c2c(C(OC)C3CCCCC3)ccc(F)c2F)cc1. The van der Waals surface area contributed by atoms with Gasteiger partial charge in [-0.3, -0.25) is 4.79 Å². The molecular formula is C31H37F2N3O3. The molecule has 2 unspecified atom stereocenters. The zero-order chi connectivity index (χ0) is 27.4. The van der Waals surface area contributed by atoms with Gasteiger partial charge in [-0.15, -0.1) is 0 Å². The molecule has 0 spiro atoms. The zero-order valence-corrected chi connectivity index (χ0v) is 22.7. The maximum atomic E-state index is 15.8. The maximum Gasteiger partial charge on any atom is 0.247 e. The number of nitrogens with zero attached hydrogens (tertiary/aromatic N) is 2. The Kier molecular flexibility index (Phi) is 8.60. The third-order valence-electron chi connectivity index (χ3n) is 8.32. The fourth-order valence-electron chi connectivity index (χ4n) is 6.33. The molecule has 1 heterocycles. The van der Waals surface area contributed by atoms with Crippen LogP contribution in [0.3, 0.4) is 0 Å². The van der Waals surface area contributed by atoms with E-state index in [-0.39, 0.29) is 29.3 Å². The molecule has 208 valence electrons. The highest BCUT2D eigenvalue weighted by atomic mass is 19.2. The third kappa shape index (κ3) is 5.71. The molecule has 8 heteroatoms. The summed E-state index contributed by atoms with van der Waals surface area (Å²) in [6.07, 6.45) is 12.0. The van der Waals surface area contributed by atoms with Crippen molar-refractivity contribution in [3.05, 3.63) is 71.6 Å². The van der Waals surface area contributed by atoms with Gasteiger partial charge in [0.15, 0.2) is 11.6 Å². The van der Waals surface area contributed by atoms with Crippen LogP contribution >= 0.6 is 0 Å². The van der Waals surface area contributed by atoms with Crippen LogP contribution in [0.15, 0.2) is 48.8 Å². The Bertz CT molecular complexity index is 1260. The molecule has 2 aliphatic carbocycles. The molecule has 2 aromatic carbocycles. The predicted molar refractivity (Wildman–Crippen MR) is 145 cm³/mol. The fourth-order valence-corrected chi connectivity index (χ4v) is 6.33. The van der Waals surface area contributed by atoms with Crippen LogP contribution in [0.1, 0.15) is 81.1 Å². The van der Waals surface area contributed by atoms with Crippen LogP contribution in [0.4, 0.5) is 8.78 Å². The second-order valence-corrected chi connectivity index (χ2v) is 10.7. The normalized spacial score (nSPS) is 18.2. The molecule has 2 fully saturated rings. The van der Waals surface area contributed by atoms with Gasteiger partial charge in [0.05, 0.1) is 18.8 Å².